The van der Waals surface area contributed by atoms with Gasteiger partial charge in [0, 0.05) is 0 Å². The van der Waals surface area contributed by atoms with Gasteiger partial charge in [-0.3, -0.25) is 4.79 Å². The molecule has 94 valence electrons. The maximum atomic E-state index is 11.4. The first-order chi connectivity index (χ1) is 8.02. The molecular weight excluding hydrogens is 220 g/mol. The molecule has 17 heavy (non-hydrogen) atoms. The topological polar surface area (TPSA) is 55.8 Å². The number of benzene rings is 1. The van der Waals surface area contributed by atoms with E-state index >= 15 is 0 Å². The van der Waals surface area contributed by atoms with E-state index in [9.17, 15) is 9.90 Å². The molecule has 0 aliphatic rings. The molecular formula is C13H18O4. The Morgan fingerprint density at radius 2 is 1.88 bits per heavy atom. The van der Waals surface area contributed by atoms with Crippen molar-refractivity contribution in [1.82, 2.24) is 0 Å². The van der Waals surface area contributed by atoms with Crippen LogP contribution >= 0.6 is 0 Å². The van der Waals surface area contributed by atoms with Crippen LogP contribution in [-0.2, 0) is 9.53 Å². The molecule has 0 spiro atoms. The fourth-order valence-electron chi connectivity index (χ4n) is 1.41. The minimum Gasteiger partial charge on any atom is -0.497 e. The molecule has 0 aliphatic carbocycles. The van der Waals surface area contributed by atoms with Crippen LogP contribution in [0.15, 0.2) is 24.3 Å². The van der Waals surface area contributed by atoms with E-state index < -0.39 is 12.1 Å². The van der Waals surface area contributed by atoms with Crippen LogP contribution in [0, 0.1) is 0 Å². The molecule has 0 bridgehead atoms. The highest BCUT2D eigenvalue weighted by atomic mass is 16.5. The Morgan fingerprint density at radius 3 is 2.35 bits per heavy atom. The van der Waals surface area contributed by atoms with E-state index in [4.69, 9.17) is 9.47 Å². The number of aliphatic hydroxyl groups is 1. The van der Waals surface area contributed by atoms with Gasteiger partial charge in [0.1, 0.15) is 5.75 Å². The zero-order valence-corrected chi connectivity index (χ0v) is 10.3. The van der Waals surface area contributed by atoms with Crippen LogP contribution in [0.5, 0.6) is 5.75 Å². The second kappa shape index (κ2) is 6.25. The summed E-state index contributed by atoms with van der Waals surface area (Å²) in [6.07, 6.45) is -1.04. The largest absolute Gasteiger partial charge is 0.497 e. The number of hydrogen-bond acceptors (Lipinski definition) is 4. The predicted molar refractivity (Wildman–Crippen MR) is 63.8 cm³/mol. The van der Waals surface area contributed by atoms with Crippen molar-refractivity contribution >= 4 is 5.97 Å². The van der Waals surface area contributed by atoms with Crippen molar-refractivity contribution in [3.8, 4) is 5.75 Å². The molecule has 0 aromatic heterocycles. The Hall–Kier alpha value is -1.55. The average Bonchev–Trinajstić information content (AvgIpc) is 2.28. The molecule has 0 amide bonds. The molecule has 1 atom stereocenters. The molecule has 1 rings (SSSR count). The summed E-state index contributed by atoms with van der Waals surface area (Å²) >= 11 is 0. The first kappa shape index (κ1) is 13.5. The minimum atomic E-state index is -0.841. The fourth-order valence-corrected chi connectivity index (χ4v) is 1.41. The summed E-state index contributed by atoms with van der Waals surface area (Å²) < 4.78 is 9.97. The second-order valence-corrected chi connectivity index (χ2v) is 4.03. The summed E-state index contributed by atoms with van der Waals surface area (Å²) in [5.41, 5.74) is 0.673. The molecule has 4 nitrogen and oxygen atoms in total. The Labute approximate surface area is 101 Å². The highest BCUT2D eigenvalue weighted by Crippen LogP contribution is 2.20. The Balaban J connectivity index is 2.56. The third-order valence-electron chi connectivity index (χ3n) is 2.23. The molecule has 0 radical (unpaired) electrons. The Bertz CT molecular complexity index is 356. The highest BCUT2D eigenvalue weighted by Gasteiger charge is 2.15. The van der Waals surface area contributed by atoms with Crippen LogP contribution in [0.3, 0.4) is 0 Å². The number of methoxy groups -OCH3 is 1. The van der Waals surface area contributed by atoms with Gasteiger partial charge >= 0.3 is 5.97 Å². The number of carbonyl (C=O) groups excluding carboxylic acids is 1. The van der Waals surface area contributed by atoms with Crippen molar-refractivity contribution in [1.29, 1.82) is 0 Å². The predicted octanol–water partition coefficient (Wildman–Crippen LogP) is 2.07. The van der Waals surface area contributed by atoms with Crippen LogP contribution in [-0.4, -0.2) is 24.3 Å². The lowest BCUT2D eigenvalue weighted by molar-refractivity contribution is -0.149. The van der Waals surface area contributed by atoms with Crippen LogP contribution in [0.1, 0.15) is 31.9 Å². The first-order valence-electron chi connectivity index (χ1n) is 5.54. The Kier molecular flexibility index (Phi) is 4.97. The Morgan fingerprint density at radius 1 is 1.29 bits per heavy atom. The van der Waals surface area contributed by atoms with E-state index in [1.54, 1.807) is 45.2 Å². The van der Waals surface area contributed by atoms with Crippen molar-refractivity contribution in [3.05, 3.63) is 29.8 Å². The average molecular weight is 238 g/mol. The summed E-state index contributed by atoms with van der Waals surface area (Å²) in [6.45, 7) is 3.55. The fraction of sp³-hybridized carbons (Fsp3) is 0.462. The third-order valence-corrected chi connectivity index (χ3v) is 2.23. The molecule has 1 aromatic rings. The molecule has 4 heteroatoms. The smallest absolute Gasteiger partial charge is 0.309 e. The monoisotopic (exact) mass is 238 g/mol. The first-order valence-corrected chi connectivity index (χ1v) is 5.54. The number of esters is 1. The van der Waals surface area contributed by atoms with Gasteiger partial charge in [0.15, 0.2) is 0 Å². The van der Waals surface area contributed by atoms with Crippen LogP contribution in [0.2, 0.25) is 0 Å². The van der Waals surface area contributed by atoms with E-state index in [1.807, 2.05) is 0 Å². The lowest BCUT2D eigenvalue weighted by Gasteiger charge is -2.12. The molecule has 0 heterocycles. The van der Waals surface area contributed by atoms with Gasteiger partial charge in [-0.25, -0.2) is 0 Å². The van der Waals surface area contributed by atoms with Gasteiger partial charge in [0.2, 0.25) is 0 Å². The molecule has 1 N–H and O–H groups in total. The lowest BCUT2D eigenvalue weighted by Crippen LogP contribution is -2.14. The summed E-state index contributed by atoms with van der Waals surface area (Å²) in [5, 5.41) is 9.83. The maximum Gasteiger partial charge on any atom is 0.309 e. The van der Waals surface area contributed by atoms with Gasteiger partial charge in [0.25, 0.3) is 0 Å². The quantitative estimate of drug-likeness (QED) is 0.798. The summed E-state index contributed by atoms with van der Waals surface area (Å²) in [4.78, 5) is 11.4. The second-order valence-electron chi connectivity index (χ2n) is 4.03. The normalized spacial score (nSPS) is 12.3. The van der Waals surface area contributed by atoms with E-state index in [0.29, 0.717) is 11.3 Å². The minimum absolute atomic E-state index is 0.0372. The summed E-state index contributed by atoms with van der Waals surface area (Å²) in [6, 6.07) is 6.94. The number of carbonyl (C=O) groups is 1. The van der Waals surface area contributed by atoms with Gasteiger partial charge in [0.05, 0.1) is 25.7 Å². The van der Waals surface area contributed by atoms with E-state index in [1.165, 1.54) is 0 Å². The van der Waals surface area contributed by atoms with Gasteiger partial charge in [-0.05, 0) is 31.5 Å². The number of hydrogen-bond donors (Lipinski definition) is 1. The van der Waals surface area contributed by atoms with Crippen molar-refractivity contribution in [2.45, 2.75) is 32.5 Å². The molecule has 0 saturated heterocycles. The lowest BCUT2D eigenvalue weighted by atomic mass is 10.1. The van der Waals surface area contributed by atoms with Crippen molar-refractivity contribution in [2.75, 3.05) is 7.11 Å². The standard InChI is InChI=1S/C13H18O4/c1-9(2)17-13(15)8-12(14)10-4-6-11(16-3)7-5-10/h4-7,9,12,14H,8H2,1-3H3. The molecule has 0 aliphatic heterocycles. The van der Waals surface area contributed by atoms with Crippen molar-refractivity contribution in [2.24, 2.45) is 0 Å². The van der Waals surface area contributed by atoms with E-state index in [0.717, 1.165) is 0 Å². The molecule has 0 fully saturated rings. The zero-order chi connectivity index (χ0) is 12.8. The molecule has 1 aromatic carbocycles. The SMILES string of the molecule is COc1ccc(C(O)CC(=O)OC(C)C)cc1. The summed E-state index contributed by atoms with van der Waals surface area (Å²) in [5.74, 6) is 0.314. The van der Waals surface area contributed by atoms with Gasteiger partial charge in [-0.2, -0.15) is 0 Å². The van der Waals surface area contributed by atoms with Gasteiger partial charge < -0.3 is 14.6 Å². The molecule has 1 unspecified atom stereocenters. The maximum absolute atomic E-state index is 11.4. The number of ether oxygens (including phenoxy) is 2. The number of rotatable bonds is 5. The zero-order valence-electron chi connectivity index (χ0n) is 10.3. The number of aliphatic hydroxyl groups excluding tert-OH is 1. The van der Waals surface area contributed by atoms with Crippen LogP contribution < -0.4 is 4.74 Å². The van der Waals surface area contributed by atoms with Gasteiger partial charge in [-0.15, -0.1) is 0 Å². The van der Waals surface area contributed by atoms with Crippen LogP contribution in [0.4, 0.5) is 0 Å². The summed E-state index contributed by atoms with van der Waals surface area (Å²) in [7, 11) is 1.57. The van der Waals surface area contributed by atoms with Crippen molar-refractivity contribution < 1.29 is 19.4 Å². The third kappa shape index (κ3) is 4.44. The highest BCUT2D eigenvalue weighted by molar-refractivity contribution is 5.70. The van der Waals surface area contributed by atoms with Gasteiger partial charge in [-0.1, -0.05) is 12.1 Å². The van der Waals surface area contributed by atoms with Crippen molar-refractivity contribution in [3.63, 3.8) is 0 Å². The molecule has 0 saturated carbocycles. The van der Waals surface area contributed by atoms with E-state index in [-0.39, 0.29) is 12.5 Å². The van der Waals surface area contributed by atoms with Crippen LogP contribution in [0.25, 0.3) is 0 Å². The van der Waals surface area contributed by atoms with E-state index in [2.05, 4.69) is 0 Å².